The van der Waals surface area contributed by atoms with E-state index in [9.17, 15) is 83.1 Å². The van der Waals surface area contributed by atoms with Crippen molar-refractivity contribution in [3.05, 3.63) is 11.8 Å². The first-order valence-electron chi connectivity index (χ1n) is 29.3. The zero-order valence-electron chi connectivity index (χ0n) is 49.2. The summed E-state index contributed by atoms with van der Waals surface area (Å²) in [4.78, 5) is 165. The molecule has 488 valence electrons. The van der Waals surface area contributed by atoms with Crippen molar-refractivity contribution in [1.82, 2.24) is 53.2 Å². The van der Waals surface area contributed by atoms with E-state index in [0.717, 1.165) is 64.4 Å². The molecule has 0 bridgehead atoms. The number of carbonyl (C=O) groups excluding carboxylic acids is 11. The summed E-state index contributed by atoms with van der Waals surface area (Å²) in [6.07, 6.45) is 1.72. The van der Waals surface area contributed by atoms with Crippen LogP contribution >= 0.6 is 11.6 Å². The molecule has 86 heavy (non-hydrogen) atoms. The third-order valence-corrected chi connectivity index (χ3v) is 14.2. The molecule has 0 unspecified atom stereocenters. The van der Waals surface area contributed by atoms with Crippen LogP contribution in [-0.4, -0.2) is 207 Å². The molecule has 0 aromatic rings. The first-order chi connectivity index (χ1) is 40.8. The number of aliphatic carboxylic acids is 1. The smallest absolute Gasteiger partial charge is 0.335 e. The fourth-order valence-electron chi connectivity index (χ4n) is 8.75. The van der Waals surface area contributed by atoms with E-state index in [1.54, 1.807) is 0 Å². The SMILES string of the molecule is C/C=C1\NC(=O)[C@H]([C@H](C)O)NC(=O)[C@H](CCN)NC(=O)[C@H](CCCCN)NC(=O)[C@H](CC(=O)NC2CC2)NC(=O)[C@@H](CCN)NC(=O)[C@@H](NC(=O)C[C@H](O)CCCCCCCCCCC)COC(=O)[C@H]([C@H](O)CCl)NC(=O)[C@H]([C@H](O)C(=O)O)NC1=O. The average Bonchev–Trinajstić information content (AvgIpc) is 3.52. The van der Waals surface area contributed by atoms with Gasteiger partial charge in [0.05, 0.1) is 37.0 Å². The van der Waals surface area contributed by atoms with Crippen molar-refractivity contribution in [1.29, 1.82) is 0 Å². The second-order valence-electron chi connectivity index (χ2n) is 21.3. The lowest BCUT2D eigenvalue weighted by Crippen LogP contribution is -2.62. The highest BCUT2D eigenvalue weighted by atomic mass is 35.5. The van der Waals surface area contributed by atoms with Gasteiger partial charge in [0, 0.05) is 6.04 Å². The van der Waals surface area contributed by atoms with Gasteiger partial charge in [-0.1, -0.05) is 70.8 Å². The van der Waals surface area contributed by atoms with Crippen molar-refractivity contribution in [2.75, 3.05) is 32.1 Å². The van der Waals surface area contributed by atoms with Crippen molar-refractivity contribution >= 4 is 82.6 Å². The molecular formula is C54H92ClN13O18. The fourth-order valence-corrected chi connectivity index (χ4v) is 8.93. The van der Waals surface area contributed by atoms with Crippen LogP contribution in [0.3, 0.4) is 0 Å². The van der Waals surface area contributed by atoms with Crippen LogP contribution in [-0.2, 0) is 62.3 Å². The van der Waals surface area contributed by atoms with E-state index in [4.69, 9.17) is 33.5 Å². The monoisotopic (exact) mass is 1250 g/mol. The minimum absolute atomic E-state index is 0.134. The number of unbranched alkanes of at least 4 members (excludes halogenated alkanes) is 9. The summed E-state index contributed by atoms with van der Waals surface area (Å²) in [6, 6.07) is -15.6. The van der Waals surface area contributed by atoms with E-state index in [0.29, 0.717) is 25.7 Å². The molecule has 1 aliphatic carbocycles. The second-order valence-corrected chi connectivity index (χ2v) is 21.6. The quantitative estimate of drug-likeness (QED) is 0.0144. The molecule has 2 rings (SSSR count). The van der Waals surface area contributed by atoms with Crippen LogP contribution in [0.15, 0.2) is 11.8 Å². The molecule has 1 saturated carbocycles. The Kier molecular flexibility index (Phi) is 35.7. The van der Waals surface area contributed by atoms with Crippen molar-refractivity contribution < 1.29 is 87.8 Å². The molecule has 1 heterocycles. The highest BCUT2D eigenvalue weighted by Crippen LogP contribution is 2.19. The zero-order chi connectivity index (χ0) is 64.5. The van der Waals surface area contributed by atoms with E-state index in [1.807, 2.05) is 10.6 Å². The number of hydrogen-bond acceptors (Lipinski definition) is 20. The van der Waals surface area contributed by atoms with Gasteiger partial charge in [-0.3, -0.25) is 47.9 Å². The molecule has 0 spiro atoms. The number of carboxylic acid groups (broad SMARTS) is 1. The van der Waals surface area contributed by atoms with E-state index < -0.39 is 175 Å². The maximum Gasteiger partial charge on any atom is 0.335 e. The second kappa shape index (κ2) is 40.7. The number of carbonyl (C=O) groups is 12. The van der Waals surface area contributed by atoms with Gasteiger partial charge in [0.2, 0.25) is 53.2 Å². The van der Waals surface area contributed by atoms with Gasteiger partial charge in [0.15, 0.2) is 12.1 Å². The first kappa shape index (κ1) is 75.5. The number of halogens is 1. The number of cyclic esters (lactones) is 1. The minimum atomic E-state index is -2.82. The van der Waals surface area contributed by atoms with Crippen molar-refractivity contribution in [3.8, 4) is 0 Å². The van der Waals surface area contributed by atoms with E-state index in [1.165, 1.54) is 6.92 Å². The Labute approximate surface area is 504 Å². The largest absolute Gasteiger partial charge is 0.479 e. The number of aliphatic hydroxyl groups excluding tert-OH is 4. The third-order valence-electron chi connectivity index (χ3n) is 13.9. The third kappa shape index (κ3) is 27.8. The zero-order valence-corrected chi connectivity index (χ0v) is 50.0. The Morgan fingerprint density at radius 1 is 0.616 bits per heavy atom. The highest BCUT2D eigenvalue weighted by molar-refractivity contribution is 6.18. The summed E-state index contributed by atoms with van der Waals surface area (Å²) in [5.74, 6) is -16.3. The number of rotatable bonds is 29. The first-order valence-corrected chi connectivity index (χ1v) is 29.9. The molecule has 32 heteroatoms. The number of aliphatic hydroxyl groups is 4. The van der Waals surface area contributed by atoms with Gasteiger partial charge in [-0.05, 0) is 84.8 Å². The molecular weight excluding hydrogens is 1150 g/mol. The van der Waals surface area contributed by atoms with Gasteiger partial charge in [0.25, 0.3) is 5.91 Å². The number of hydrogen-bond donors (Lipinski definition) is 18. The number of nitrogens with one attached hydrogen (secondary N) is 10. The Morgan fingerprint density at radius 3 is 1.66 bits per heavy atom. The van der Waals surface area contributed by atoms with Gasteiger partial charge in [-0.15, -0.1) is 11.6 Å². The predicted molar refractivity (Wildman–Crippen MR) is 309 cm³/mol. The predicted octanol–water partition coefficient (Wildman–Crippen LogP) is -4.97. The van der Waals surface area contributed by atoms with Crippen LogP contribution in [0.4, 0.5) is 0 Å². The average molecular weight is 1250 g/mol. The lowest BCUT2D eigenvalue weighted by Gasteiger charge is -2.29. The van der Waals surface area contributed by atoms with E-state index in [2.05, 4.69) is 49.5 Å². The number of esters is 1. The van der Waals surface area contributed by atoms with E-state index in [-0.39, 0.29) is 57.8 Å². The lowest BCUT2D eigenvalue weighted by atomic mass is 10.0. The summed E-state index contributed by atoms with van der Waals surface area (Å²) in [6.45, 7) is 2.79. The van der Waals surface area contributed by atoms with Gasteiger partial charge in [-0.2, -0.15) is 0 Å². The normalized spacial score (nSPS) is 24.9. The molecule has 2 aliphatic rings. The number of ether oxygens (including phenoxy) is 1. The molecule has 10 amide bonds. The molecule has 1 aliphatic heterocycles. The molecule has 31 nitrogen and oxygen atoms in total. The van der Waals surface area contributed by atoms with Crippen molar-refractivity contribution in [3.63, 3.8) is 0 Å². The van der Waals surface area contributed by atoms with E-state index >= 15 is 0 Å². The molecule has 12 atom stereocenters. The molecule has 0 radical (unpaired) electrons. The van der Waals surface area contributed by atoms with Gasteiger partial charge < -0.3 is 101 Å². The number of carboxylic acids is 1. The number of alkyl halides is 1. The molecule has 0 aromatic heterocycles. The van der Waals surface area contributed by atoms with Gasteiger partial charge in [0.1, 0.15) is 54.6 Å². The Balaban J connectivity index is 2.79. The number of amides is 10. The van der Waals surface area contributed by atoms with Crippen molar-refractivity contribution in [2.24, 2.45) is 17.2 Å². The van der Waals surface area contributed by atoms with Crippen molar-refractivity contribution in [2.45, 2.75) is 222 Å². The Hall–Kier alpha value is -6.61. The number of allylic oxidation sites excluding steroid dienone is 1. The standard InChI is InChI=1S/C54H92ClN13O18/c1-4-6-7-8-9-10-11-12-13-16-31(70)25-39(72)60-37-28-86-54(85)42(38(71)27-55)67-52(82)43(44(74)53(83)84)68-45(75)32(5-2)61-51(81)41(29(3)69)66-48(78)35(21-24-58)63-46(76)33(17-14-15-22-56)62-49(79)36(26-40(73)59-30-18-19-30)65-47(77)34(20-23-57)64-50(37)80/h5,29-31,33-38,41-44,69-71,74H,4,6-28,56-58H2,1-3H3,(H,59,73)(H,60,72)(H,61,81)(H,62,79)(H,63,76)(H,64,80)(H,65,77)(H,66,78)(H,67,82)(H,68,75)(H,83,84)/b32-5-/t29-,31+,33-,34+,35-,36-,37-,38+,41-,42-,43-,44-/m0/s1. The minimum Gasteiger partial charge on any atom is -0.479 e. The Morgan fingerprint density at radius 2 is 1.14 bits per heavy atom. The van der Waals surface area contributed by atoms with Gasteiger partial charge in [-0.25, -0.2) is 9.59 Å². The molecule has 21 N–H and O–H groups in total. The van der Waals surface area contributed by atoms with Gasteiger partial charge >= 0.3 is 11.9 Å². The number of nitrogens with two attached hydrogens (primary N) is 3. The summed E-state index contributed by atoms with van der Waals surface area (Å²) in [5.41, 5.74) is 16.7. The van der Waals surface area contributed by atoms with Crippen LogP contribution < -0.4 is 70.4 Å². The molecule has 1 saturated heterocycles. The summed E-state index contributed by atoms with van der Waals surface area (Å²) < 4.78 is 5.33. The highest BCUT2D eigenvalue weighted by Gasteiger charge is 2.41. The topological polar surface area (TPSA) is 514 Å². The van der Waals surface area contributed by atoms with Crippen LogP contribution in [0.5, 0.6) is 0 Å². The summed E-state index contributed by atoms with van der Waals surface area (Å²) >= 11 is 5.89. The van der Waals surface area contributed by atoms with Crippen LogP contribution in [0.1, 0.15) is 143 Å². The molecule has 0 aromatic carbocycles. The summed E-state index contributed by atoms with van der Waals surface area (Å²) in [7, 11) is 0. The Bertz CT molecular complexity index is 2300. The maximum absolute atomic E-state index is 14.3. The lowest BCUT2D eigenvalue weighted by molar-refractivity contribution is -0.155. The van der Waals surface area contributed by atoms with Crippen LogP contribution in [0, 0.1) is 0 Å². The molecule has 2 fully saturated rings. The van der Waals surface area contributed by atoms with Crippen LogP contribution in [0.25, 0.3) is 0 Å². The summed E-state index contributed by atoms with van der Waals surface area (Å²) in [5, 5.41) is 75.9. The van der Waals surface area contributed by atoms with Crippen LogP contribution in [0.2, 0.25) is 0 Å². The maximum atomic E-state index is 14.3. The fraction of sp³-hybridized carbons (Fsp3) is 0.741.